The summed E-state index contributed by atoms with van der Waals surface area (Å²) in [7, 11) is 0. The number of morpholine rings is 1. The molecule has 1 fully saturated rings. The van der Waals surface area contributed by atoms with E-state index in [4.69, 9.17) is 10.5 Å². The van der Waals surface area contributed by atoms with Gasteiger partial charge in [-0.1, -0.05) is 12.1 Å². The van der Waals surface area contributed by atoms with Gasteiger partial charge >= 0.3 is 0 Å². The number of nitrogens with two attached hydrogens (primary N) is 1. The van der Waals surface area contributed by atoms with Crippen molar-refractivity contribution in [2.24, 2.45) is 5.73 Å². The predicted molar refractivity (Wildman–Crippen MR) is 66.9 cm³/mol. The second kappa shape index (κ2) is 5.84. The van der Waals surface area contributed by atoms with E-state index < -0.39 is 0 Å². The second-order valence-electron chi connectivity index (χ2n) is 4.43. The Morgan fingerprint density at radius 2 is 2.11 bits per heavy atom. The minimum absolute atomic E-state index is 0.00669. The van der Waals surface area contributed by atoms with E-state index in [1.54, 1.807) is 12.1 Å². The van der Waals surface area contributed by atoms with Gasteiger partial charge in [-0.05, 0) is 30.7 Å². The Morgan fingerprint density at radius 3 is 2.78 bits per heavy atom. The number of nitrogens with zero attached hydrogens (tertiary/aromatic N) is 1. The summed E-state index contributed by atoms with van der Waals surface area (Å²) in [6, 6.07) is 6.93. The highest BCUT2D eigenvalue weighted by atomic mass is 16.5. The van der Waals surface area contributed by atoms with Crippen LogP contribution in [0.25, 0.3) is 0 Å². The molecule has 1 heterocycles. The van der Waals surface area contributed by atoms with Crippen LogP contribution in [0.3, 0.4) is 0 Å². The van der Waals surface area contributed by atoms with Crippen LogP contribution < -0.4 is 5.73 Å². The number of phenols is 1. The van der Waals surface area contributed by atoms with Crippen LogP contribution in [0.5, 0.6) is 5.75 Å². The van der Waals surface area contributed by atoms with Gasteiger partial charge in [-0.25, -0.2) is 0 Å². The van der Waals surface area contributed by atoms with Crippen LogP contribution in [-0.2, 0) is 16.1 Å². The monoisotopic (exact) mass is 250 g/mol. The van der Waals surface area contributed by atoms with E-state index in [1.165, 1.54) is 0 Å². The van der Waals surface area contributed by atoms with Crippen molar-refractivity contribution in [1.29, 1.82) is 0 Å². The minimum atomic E-state index is -0.00669. The molecule has 0 spiro atoms. The third-order valence-corrected chi connectivity index (χ3v) is 3.09. The van der Waals surface area contributed by atoms with E-state index in [-0.39, 0.29) is 24.3 Å². The zero-order valence-electron chi connectivity index (χ0n) is 10.2. The van der Waals surface area contributed by atoms with Crippen LogP contribution in [0.2, 0.25) is 0 Å². The Balaban J connectivity index is 2.08. The molecule has 1 aliphatic heterocycles. The van der Waals surface area contributed by atoms with Crippen LogP contribution in [0.4, 0.5) is 0 Å². The molecule has 2 rings (SSSR count). The van der Waals surface area contributed by atoms with Gasteiger partial charge < -0.3 is 20.5 Å². The zero-order chi connectivity index (χ0) is 13.0. The molecule has 0 aromatic heterocycles. The molecule has 5 nitrogen and oxygen atoms in total. The van der Waals surface area contributed by atoms with Crippen molar-refractivity contribution < 1.29 is 14.6 Å². The number of phenolic OH excluding ortho intramolecular Hbond substituents is 1. The SMILES string of the molecule is NCCC1COCC(=O)N1Cc1ccc(O)cc1. The lowest BCUT2D eigenvalue weighted by molar-refractivity contribution is -0.149. The van der Waals surface area contributed by atoms with Crippen molar-refractivity contribution in [3.8, 4) is 5.75 Å². The van der Waals surface area contributed by atoms with Crippen molar-refractivity contribution in [2.45, 2.75) is 19.0 Å². The maximum Gasteiger partial charge on any atom is 0.249 e. The summed E-state index contributed by atoms with van der Waals surface area (Å²) in [5.74, 6) is 0.221. The number of rotatable bonds is 4. The summed E-state index contributed by atoms with van der Waals surface area (Å²) in [5, 5.41) is 9.23. The Hall–Kier alpha value is -1.59. The van der Waals surface area contributed by atoms with E-state index in [0.717, 1.165) is 12.0 Å². The normalized spacial score (nSPS) is 20.2. The van der Waals surface area contributed by atoms with Gasteiger partial charge in [0, 0.05) is 6.54 Å². The fourth-order valence-electron chi connectivity index (χ4n) is 2.11. The zero-order valence-corrected chi connectivity index (χ0v) is 10.2. The van der Waals surface area contributed by atoms with Gasteiger partial charge in [-0.2, -0.15) is 0 Å². The van der Waals surface area contributed by atoms with Crippen molar-refractivity contribution in [3.05, 3.63) is 29.8 Å². The lowest BCUT2D eigenvalue weighted by Crippen LogP contribution is -2.49. The molecule has 0 bridgehead atoms. The number of benzene rings is 1. The number of hydrogen-bond acceptors (Lipinski definition) is 4. The van der Waals surface area contributed by atoms with E-state index >= 15 is 0 Å². The first-order valence-electron chi connectivity index (χ1n) is 6.06. The van der Waals surface area contributed by atoms with Crippen molar-refractivity contribution in [3.63, 3.8) is 0 Å². The number of carbonyl (C=O) groups is 1. The number of aromatic hydroxyl groups is 1. The summed E-state index contributed by atoms with van der Waals surface area (Å²) in [6.07, 6.45) is 0.740. The molecular formula is C13H18N2O3. The van der Waals surface area contributed by atoms with Crippen LogP contribution in [0.15, 0.2) is 24.3 Å². The van der Waals surface area contributed by atoms with Crippen molar-refractivity contribution in [2.75, 3.05) is 19.8 Å². The predicted octanol–water partition coefficient (Wildman–Crippen LogP) is 0.468. The fraction of sp³-hybridized carbons (Fsp3) is 0.462. The molecule has 0 aliphatic carbocycles. The standard InChI is InChI=1S/C13H18N2O3/c14-6-5-11-8-18-9-13(17)15(11)7-10-1-3-12(16)4-2-10/h1-4,11,16H,5-9,14H2. The van der Waals surface area contributed by atoms with Crippen LogP contribution in [0, 0.1) is 0 Å². The summed E-state index contributed by atoms with van der Waals surface area (Å²) >= 11 is 0. The lowest BCUT2D eigenvalue weighted by Gasteiger charge is -2.35. The largest absolute Gasteiger partial charge is 0.508 e. The highest BCUT2D eigenvalue weighted by Gasteiger charge is 2.27. The Kier molecular flexibility index (Phi) is 4.17. The highest BCUT2D eigenvalue weighted by Crippen LogP contribution is 2.17. The number of hydrogen-bond donors (Lipinski definition) is 2. The van der Waals surface area contributed by atoms with E-state index in [0.29, 0.717) is 19.7 Å². The number of carbonyl (C=O) groups excluding carboxylic acids is 1. The van der Waals surface area contributed by atoms with Gasteiger partial charge in [-0.3, -0.25) is 4.79 Å². The van der Waals surface area contributed by atoms with Gasteiger partial charge in [-0.15, -0.1) is 0 Å². The molecule has 1 aromatic carbocycles. The van der Waals surface area contributed by atoms with Crippen LogP contribution in [0.1, 0.15) is 12.0 Å². The first-order valence-corrected chi connectivity index (χ1v) is 6.06. The van der Waals surface area contributed by atoms with Gasteiger partial charge in [0.05, 0.1) is 12.6 Å². The average Bonchev–Trinajstić information content (AvgIpc) is 2.36. The van der Waals surface area contributed by atoms with Crippen molar-refractivity contribution in [1.82, 2.24) is 4.90 Å². The Bertz CT molecular complexity index is 403. The highest BCUT2D eigenvalue weighted by molar-refractivity contribution is 5.78. The molecule has 0 radical (unpaired) electrons. The fourth-order valence-corrected chi connectivity index (χ4v) is 2.11. The van der Waals surface area contributed by atoms with E-state index in [9.17, 15) is 9.90 Å². The van der Waals surface area contributed by atoms with Gasteiger partial charge in [0.2, 0.25) is 5.91 Å². The Labute approximate surface area is 106 Å². The van der Waals surface area contributed by atoms with Crippen LogP contribution in [-0.4, -0.2) is 41.7 Å². The smallest absolute Gasteiger partial charge is 0.249 e. The third-order valence-electron chi connectivity index (χ3n) is 3.09. The van der Waals surface area contributed by atoms with Gasteiger partial charge in [0.25, 0.3) is 0 Å². The Morgan fingerprint density at radius 1 is 1.39 bits per heavy atom. The van der Waals surface area contributed by atoms with E-state index in [2.05, 4.69) is 0 Å². The van der Waals surface area contributed by atoms with Gasteiger partial charge in [0.1, 0.15) is 12.4 Å². The first kappa shape index (κ1) is 12.9. The van der Waals surface area contributed by atoms with Gasteiger partial charge in [0.15, 0.2) is 0 Å². The summed E-state index contributed by atoms with van der Waals surface area (Å²) in [4.78, 5) is 13.7. The maximum absolute atomic E-state index is 11.9. The molecule has 18 heavy (non-hydrogen) atoms. The van der Waals surface area contributed by atoms with Crippen molar-refractivity contribution >= 4 is 5.91 Å². The lowest BCUT2D eigenvalue weighted by atomic mass is 10.1. The second-order valence-corrected chi connectivity index (χ2v) is 4.43. The molecule has 5 heteroatoms. The molecule has 1 saturated heterocycles. The molecule has 0 saturated carbocycles. The summed E-state index contributed by atoms with van der Waals surface area (Å²) < 4.78 is 5.25. The number of ether oxygens (including phenoxy) is 1. The maximum atomic E-state index is 11.9. The minimum Gasteiger partial charge on any atom is -0.508 e. The molecule has 98 valence electrons. The topological polar surface area (TPSA) is 75.8 Å². The molecule has 1 aromatic rings. The molecule has 1 amide bonds. The molecule has 1 aliphatic rings. The third kappa shape index (κ3) is 3.00. The summed E-state index contributed by atoms with van der Waals surface area (Å²) in [5.41, 5.74) is 6.54. The molecule has 3 N–H and O–H groups in total. The molecular weight excluding hydrogens is 232 g/mol. The molecule has 1 atom stereocenters. The quantitative estimate of drug-likeness (QED) is 0.814. The summed E-state index contributed by atoms with van der Waals surface area (Å²) in [6.45, 7) is 1.75. The van der Waals surface area contributed by atoms with Crippen LogP contribution >= 0.6 is 0 Å². The molecule has 1 unspecified atom stereocenters. The average molecular weight is 250 g/mol. The van der Waals surface area contributed by atoms with E-state index in [1.807, 2.05) is 17.0 Å². The first-order chi connectivity index (χ1) is 8.70. The number of amides is 1.